The van der Waals surface area contributed by atoms with E-state index in [1.165, 1.54) is 34.2 Å². The zero-order valence-electron chi connectivity index (χ0n) is 12.4. The molecule has 0 aliphatic heterocycles. The van der Waals surface area contributed by atoms with Crippen molar-refractivity contribution in [1.82, 2.24) is 9.97 Å². The Morgan fingerprint density at radius 2 is 2.26 bits per heavy atom. The Bertz CT molecular complexity index is 813. The maximum absolute atomic E-state index is 12.5. The average Bonchev–Trinajstić information content (AvgIpc) is 2.92. The number of thioether (sulfide) groups is 1. The molecule has 1 aliphatic carbocycles. The Hall–Kier alpha value is -1.62. The monoisotopic (exact) mass is 364 g/mol. The van der Waals surface area contributed by atoms with Crippen molar-refractivity contribution in [2.24, 2.45) is 0 Å². The summed E-state index contributed by atoms with van der Waals surface area (Å²) in [7, 11) is 0. The fourth-order valence-corrected chi connectivity index (χ4v) is 4.30. The van der Waals surface area contributed by atoms with Crippen LogP contribution in [-0.2, 0) is 12.8 Å². The van der Waals surface area contributed by atoms with Crippen LogP contribution in [-0.4, -0.2) is 22.1 Å². The first-order chi connectivity index (χ1) is 11.1. The summed E-state index contributed by atoms with van der Waals surface area (Å²) in [6, 6.07) is 2.22. The molecular formula is C15H13ClN4OS2. The molecule has 2 heterocycles. The van der Waals surface area contributed by atoms with Crippen molar-refractivity contribution in [3.63, 3.8) is 0 Å². The van der Waals surface area contributed by atoms with Crippen LogP contribution in [0.25, 0.3) is 0 Å². The number of fused-ring (bicyclic) bond motifs is 1. The van der Waals surface area contributed by atoms with Crippen LogP contribution in [0.4, 0.5) is 5.00 Å². The Kier molecular flexibility index (Phi) is 4.85. The number of carbonyl (C=O) groups excluding carboxylic acids is 1. The Morgan fingerprint density at radius 1 is 1.48 bits per heavy atom. The normalized spacial score (nSPS) is 13.3. The first kappa shape index (κ1) is 16.2. The summed E-state index contributed by atoms with van der Waals surface area (Å²) in [6.45, 7) is 0. The van der Waals surface area contributed by atoms with Crippen LogP contribution in [0, 0.1) is 11.3 Å². The van der Waals surface area contributed by atoms with Crippen molar-refractivity contribution in [3.8, 4) is 6.07 Å². The topological polar surface area (TPSA) is 78.7 Å². The van der Waals surface area contributed by atoms with Crippen molar-refractivity contribution >= 4 is 45.6 Å². The average molecular weight is 365 g/mol. The number of halogens is 1. The number of hydrogen-bond acceptors (Lipinski definition) is 6. The van der Waals surface area contributed by atoms with Crippen LogP contribution >= 0.6 is 34.7 Å². The number of nitrogens with one attached hydrogen (secondary N) is 1. The molecule has 1 amide bonds. The molecule has 2 aromatic heterocycles. The molecule has 118 valence electrons. The molecule has 2 aromatic rings. The lowest BCUT2D eigenvalue weighted by atomic mass is 9.96. The minimum Gasteiger partial charge on any atom is -0.311 e. The van der Waals surface area contributed by atoms with Gasteiger partial charge in [-0.25, -0.2) is 9.97 Å². The maximum atomic E-state index is 12.5. The number of carbonyl (C=O) groups is 1. The summed E-state index contributed by atoms with van der Waals surface area (Å²) >= 11 is 8.85. The van der Waals surface area contributed by atoms with Gasteiger partial charge in [-0.1, -0.05) is 23.4 Å². The van der Waals surface area contributed by atoms with Gasteiger partial charge >= 0.3 is 0 Å². The van der Waals surface area contributed by atoms with Crippen LogP contribution in [0.5, 0.6) is 0 Å². The van der Waals surface area contributed by atoms with Crippen LogP contribution in [0.15, 0.2) is 11.4 Å². The predicted octanol–water partition coefficient (Wildman–Crippen LogP) is 3.92. The van der Waals surface area contributed by atoms with E-state index in [0.717, 1.165) is 31.2 Å². The van der Waals surface area contributed by atoms with Gasteiger partial charge in [0.15, 0.2) is 10.9 Å². The van der Waals surface area contributed by atoms with E-state index in [1.807, 2.05) is 6.26 Å². The van der Waals surface area contributed by atoms with Gasteiger partial charge < -0.3 is 5.32 Å². The number of rotatable bonds is 3. The van der Waals surface area contributed by atoms with Gasteiger partial charge in [0.1, 0.15) is 11.1 Å². The van der Waals surface area contributed by atoms with Gasteiger partial charge in [-0.05, 0) is 37.5 Å². The molecule has 3 rings (SSSR count). The van der Waals surface area contributed by atoms with Crippen LogP contribution in [0.3, 0.4) is 0 Å². The number of amides is 1. The Morgan fingerprint density at radius 3 is 3.00 bits per heavy atom. The molecule has 0 radical (unpaired) electrons. The minimum atomic E-state index is -0.414. The lowest BCUT2D eigenvalue weighted by molar-refractivity contribution is 0.102. The summed E-state index contributed by atoms with van der Waals surface area (Å²) in [4.78, 5) is 21.9. The standard InChI is InChI=1S/C15H13ClN4OS2/c1-22-15-18-7-10(16)12(19-15)13(21)20-14-9(6-17)8-4-2-3-5-11(8)23-14/h7H,2-5H2,1H3,(H,20,21). The second kappa shape index (κ2) is 6.87. The second-order valence-electron chi connectivity index (χ2n) is 5.03. The molecule has 8 heteroatoms. The van der Waals surface area contributed by atoms with Crippen LogP contribution in [0.2, 0.25) is 5.02 Å². The van der Waals surface area contributed by atoms with E-state index in [0.29, 0.717) is 15.7 Å². The van der Waals surface area contributed by atoms with Gasteiger partial charge in [0.05, 0.1) is 16.8 Å². The predicted molar refractivity (Wildman–Crippen MR) is 92.5 cm³/mol. The van der Waals surface area contributed by atoms with E-state index >= 15 is 0 Å². The number of aromatic nitrogens is 2. The summed E-state index contributed by atoms with van der Waals surface area (Å²) in [5.74, 6) is -0.414. The third-order valence-electron chi connectivity index (χ3n) is 3.63. The number of thiophene rings is 1. The molecular weight excluding hydrogens is 352 g/mol. The first-order valence-corrected chi connectivity index (χ1v) is 9.48. The van der Waals surface area contributed by atoms with Crippen LogP contribution < -0.4 is 5.32 Å². The number of nitriles is 1. The summed E-state index contributed by atoms with van der Waals surface area (Å²) in [5, 5.41) is 13.5. The fourth-order valence-electron chi connectivity index (χ4n) is 2.54. The largest absolute Gasteiger partial charge is 0.311 e. The third-order valence-corrected chi connectivity index (χ3v) is 5.68. The molecule has 0 saturated heterocycles. The molecule has 0 fully saturated rings. The zero-order valence-corrected chi connectivity index (χ0v) is 14.7. The summed E-state index contributed by atoms with van der Waals surface area (Å²) in [6.07, 6.45) is 7.32. The van der Waals surface area contributed by atoms with E-state index in [1.54, 1.807) is 0 Å². The molecule has 1 aliphatic rings. The van der Waals surface area contributed by atoms with Gasteiger partial charge in [-0.2, -0.15) is 5.26 Å². The molecule has 0 spiro atoms. The zero-order chi connectivity index (χ0) is 16.4. The number of anilines is 1. The van der Waals surface area contributed by atoms with Crippen molar-refractivity contribution in [2.45, 2.75) is 30.8 Å². The Labute approximate surface area is 147 Å². The smallest absolute Gasteiger partial charge is 0.276 e. The SMILES string of the molecule is CSc1ncc(Cl)c(C(=O)Nc2sc3c(c2C#N)CCCC3)n1. The molecule has 5 nitrogen and oxygen atoms in total. The molecule has 0 saturated carbocycles. The maximum Gasteiger partial charge on any atom is 0.276 e. The lowest BCUT2D eigenvalue weighted by Gasteiger charge is -2.09. The van der Waals surface area contributed by atoms with E-state index in [4.69, 9.17) is 11.6 Å². The van der Waals surface area contributed by atoms with Gasteiger partial charge in [-0.3, -0.25) is 4.79 Å². The highest BCUT2D eigenvalue weighted by Crippen LogP contribution is 2.37. The van der Waals surface area contributed by atoms with Crippen molar-refractivity contribution in [3.05, 3.63) is 32.9 Å². The summed E-state index contributed by atoms with van der Waals surface area (Å²) in [5.41, 5.74) is 1.78. The lowest BCUT2D eigenvalue weighted by Crippen LogP contribution is -2.15. The Balaban J connectivity index is 1.92. The molecule has 0 aromatic carbocycles. The van der Waals surface area contributed by atoms with Gasteiger partial charge in [0, 0.05) is 4.88 Å². The number of aryl methyl sites for hydroxylation is 1. The first-order valence-electron chi connectivity index (χ1n) is 7.06. The quantitative estimate of drug-likeness (QED) is 0.659. The number of nitrogens with zero attached hydrogens (tertiary/aromatic N) is 3. The molecule has 0 unspecified atom stereocenters. The van der Waals surface area contributed by atoms with Gasteiger partial charge in [0.25, 0.3) is 5.91 Å². The fraction of sp³-hybridized carbons (Fsp3) is 0.333. The van der Waals surface area contributed by atoms with Crippen molar-refractivity contribution in [1.29, 1.82) is 5.26 Å². The van der Waals surface area contributed by atoms with E-state index < -0.39 is 5.91 Å². The van der Waals surface area contributed by atoms with Crippen molar-refractivity contribution < 1.29 is 4.79 Å². The van der Waals surface area contributed by atoms with E-state index in [9.17, 15) is 10.1 Å². The molecule has 0 atom stereocenters. The molecule has 1 N–H and O–H groups in total. The van der Waals surface area contributed by atoms with Crippen molar-refractivity contribution in [2.75, 3.05) is 11.6 Å². The van der Waals surface area contributed by atoms with E-state index in [-0.39, 0.29) is 10.7 Å². The highest BCUT2D eigenvalue weighted by atomic mass is 35.5. The summed E-state index contributed by atoms with van der Waals surface area (Å²) < 4.78 is 0. The van der Waals surface area contributed by atoms with Crippen LogP contribution in [0.1, 0.15) is 39.3 Å². The highest BCUT2D eigenvalue weighted by molar-refractivity contribution is 7.98. The third kappa shape index (κ3) is 3.20. The molecule has 23 heavy (non-hydrogen) atoms. The minimum absolute atomic E-state index is 0.126. The number of hydrogen-bond donors (Lipinski definition) is 1. The van der Waals surface area contributed by atoms with Gasteiger partial charge in [-0.15, -0.1) is 11.3 Å². The molecule has 0 bridgehead atoms. The second-order valence-corrected chi connectivity index (χ2v) is 7.32. The van der Waals surface area contributed by atoms with E-state index in [2.05, 4.69) is 21.4 Å². The van der Waals surface area contributed by atoms with Gasteiger partial charge in [0.2, 0.25) is 0 Å². The highest BCUT2D eigenvalue weighted by Gasteiger charge is 2.23.